The van der Waals surface area contributed by atoms with Gasteiger partial charge >= 0.3 is 5.97 Å². The first-order chi connectivity index (χ1) is 5.59. The summed E-state index contributed by atoms with van der Waals surface area (Å²) in [6, 6.07) is 0. The van der Waals surface area contributed by atoms with Crippen LogP contribution in [0.25, 0.3) is 0 Å². The van der Waals surface area contributed by atoms with Gasteiger partial charge in [0.2, 0.25) is 5.91 Å². The lowest BCUT2D eigenvalue weighted by Gasteiger charge is -2.13. The summed E-state index contributed by atoms with van der Waals surface area (Å²) < 4.78 is 0. The molecule has 1 heterocycles. The van der Waals surface area contributed by atoms with Crippen LogP contribution in [0.3, 0.4) is 0 Å². The molecule has 0 aromatic heterocycles. The largest absolute Gasteiger partial charge is 0.481 e. The van der Waals surface area contributed by atoms with Gasteiger partial charge in [-0.1, -0.05) is 0 Å². The summed E-state index contributed by atoms with van der Waals surface area (Å²) in [5, 5.41) is 8.44. The maximum absolute atomic E-state index is 11.1. The molecule has 0 aromatic carbocycles. The van der Waals surface area contributed by atoms with E-state index in [1.165, 1.54) is 0 Å². The van der Waals surface area contributed by atoms with Crippen LogP contribution in [0.15, 0.2) is 0 Å². The molecule has 1 aliphatic heterocycles. The van der Waals surface area contributed by atoms with E-state index in [1.807, 2.05) is 0 Å². The third kappa shape index (κ3) is 2.41. The molecule has 68 valence electrons. The first-order valence-electron chi connectivity index (χ1n) is 3.77. The number of thiol groups is 1. The zero-order valence-electron chi connectivity index (χ0n) is 6.56. The van der Waals surface area contributed by atoms with Gasteiger partial charge in [-0.25, -0.2) is 0 Å². The van der Waals surface area contributed by atoms with Crippen molar-refractivity contribution in [1.29, 1.82) is 0 Å². The number of carbonyl (C=O) groups is 2. The summed E-state index contributed by atoms with van der Waals surface area (Å²) in [6.07, 6.45) is 0.453. The van der Waals surface area contributed by atoms with Gasteiger partial charge in [-0.3, -0.25) is 9.59 Å². The minimum Gasteiger partial charge on any atom is -0.481 e. The van der Waals surface area contributed by atoms with E-state index in [1.54, 1.807) is 4.90 Å². The van der Waals surface area contributed by atoms with Crippen LogP contribution < -0.4 is 0 Å². The molecule has 1 atom stereocenters. The summed E-state index contributed by atoms with van der Waals surface area (Å²) in [4.78, 5) is 22.8. The fourth-order valence-electron chi connectivity index (χ4n) is 1.20. The molecule has 12 heavy (non-hydrogen) atoms. The van der Waals surface area contributed by atoms with Crippen molar-refractivity contribution >= 4 is 24.5 Å². The van der Waals surface area contributed by atoms with E-state index in [9.17, 15) is 9.59 Å². The molecule has 0 aliphatic carbocycles. The average molecular weight is 189 g/mol. The van der Waals surface area contributed by atoms with Crippen LogP contribution in [-0.2, 0) is 9.59 Å². The highest BCUT2D eigenvalue weighted by Gasteiger charge is 2.26. The van der Waals surface area contributed by atoms with Crippen LogP contribution in [0, 0.1) is 0 Å². The normalized spacial score (nSPS) is 23.2. The number of carboxylic acids is 1. The molecule has 0 saturated carbocycles. The fourth-order valence-corrected chi connectivity index (χ4v) is 1.55. The second kappa shape index (κ2) is 3.80. The summed E-state index contributed by atoms with van der Waals surface area (Å²) in [7, 11) is 0. The van der Waals surface area contributed by atoms with Crippen molar-refractivity contribution in [3.63, 3.8) is 0 Å². The molecule has 0 bridgehead atoms. The molecule has 0 aromatic rings. The van der Waals surface area contributed by atoms with Gasteiger partial charge < -0.3 is 10.0 Å². The van der Waals surface area contributed by atoms with Gasteiger partial charge in [-0.2, -0.15) is 12.6 Å². The molecular formula is C7H11NO3S. The van der Waals surface area contributed by atoms with Gasteiger partial charge in [0, 0.05) is 24.8 Å². The van der Waals surface area contributed by atoms with Crippen molar-refractivity contribution in [2.45, 2.75) is 18.1 Å². The molecule has 1 N–H and O–H groups in total. The van der Waals surface area contributed by atoms with Crippen molar-refractivity contribution in [2.75, 3.05) is 13.1 Å². The van der Waals surface area contributed by atoms with Crippen molar-refractivity contribution < 1.29 is 14.7 Å². The maximum Gasteiger partial charge on any atom is 0.305 e. The van der Waals surface area contributed by atoms with E-state index in [2.05, 4.69) is 12.6 Å². The summed E-state index contributed by atoms with van der Waals surface area (Å²) in [6.45, 7) is 0.889. The average Bonchev–Trinajstić information content (AvgIpc) is 2.26. The van der Waals surface area contributed by atoms with Crippen LogP contribution in [0.4, 0.5) is 0 Å². The fraction of sp³-hybridized carbons (Fsp3) is 0.714. The zero-order chi connectivity index (χ0) is 9.14. The minimum atomic E-state index is -0.870. The molecule has 0 radical (unpaired) electrons. The molecule has 4 nitrogen and oxygen atoms in total. The second-order valence-corrected chi connectivity index (χ2v) is 3.57. The lowest BCUT2D eigenvalue weighted by molar-refractivity contribution is -0.137. The van der Waals surface area contributed by atoms with Gasteiger partial charge in [0.1, 0.15) is 0 Å². The third-order valence-corrected chi connectivity index (χ3v) is 2.14. The van der Waals surface area contributed by atoms with Crippen LogP contribution >= 0.6 is 12.6 Å². The Morgan fingerprint density at radius 3 is 2.83 bits per heavy atom. The number of hydrogen-bond acceptors (Lipinski definition) is 3. The number of carbonyl (C=O) groups excluding carboxylic acids is 1. The third-order valence-electron chi connectivity index (χ3n) is 1.79. The molecule has 0 spiro atoms. The van der Waals surface area contributed by atoms with Crippen LogP contribution in [0.2, 0.25) is 0 Å². The Bertz CT molecular complexity index is 207. The Hall–Kier alpha value is -0.710. The highest BCUT2D eigenvalue weighted by Crippen LogP contribution is 2.15. The second-order valence-electron chi connectivity index (χ2n) is 2.84. The van der Waals surface area contributed by atoms with Gasteiger partial charge in [0.05, 0.1) is 6.42 Å². The molecule has 1 unspecified atom stereocenters. The predicted octanol–water partition coefficient (Wildman–Crippen LogP) is -0.00820. The Morgan fingerprint density at radius 1 is 1.75 bits per heavy atom. The van der Waals surface area contributed by atoms with Crippen LogP contribution in [0.5, 0.6) is 0 Å². The van der Waals surface area contributed by atoms with Gasteiger partial charge in [-0.15, -0.1) is 0 Å². The Kier molecular flexibility index (Phi) is 2.97. The number of carboxylic acid groups (broad SMARTS) is 1. The molecule has 1 rings (SSSR count). The first-order valence-corrected chi connectivity index (χ1v) is 4.29. The number of amides is 1. The van der Waals surface area contributed by atoms with E-state index < -0.39 is 5.97 Å². The number of hydrogen-bond donors (Lipinski definition) is 2. The summed E-state index contributed by atoms with van der Waals surface area (Å²) in [5.74, 6) is -0.860. The Balaban J connectivity index is 2.33. The smallest absolute Gasteiger partial charge is 0.305 e. The molecule has 1 saturated heterocycles. The number of nitrogens with zero attached hydrogens (tertiary/aromatic N) is 1. The lowest BCUT2D eigenvalue weighted by Crippen LogP contribution is -2.27. The van der Waals surface area contributed by atoms with Crippen LogP contribution in [-0.4, -0.2) is 40.2 Å². The summed E-state index contributed by atoms with van der Waals surface area (Å²) in [5.41, 5.74) is 0. The highest BCUT2D eigenvalue weighted by atomic mass is 32.1. The molecule has 1 aliphatic rings. The number of likely N-dealkylation sites (tertiary alicyclic amines) is 1. The summed E-state index contributed by atoms with van der Waals surface area (Å²) >= 11 is 4.15. The molecule has 5 heteroatoms. The van der Waals surface area contributed by atoms with E-state index in [0.29, 0.717) is 19.5 Å². The van der Waals surface area contributed by atoms with Gasteiger partial charge in [-0.05, 0) is 0 Å². The van der Waals surface area contributed by atoms with E-state index in [0.717, 1.165) is 0 Å². The van der Waals surface area contributed by atoms with Gasteiger partial charge in [0.25, 0.3) is 0 Å². The SMILES string of the molecule is O=C(O)CCN1CC(S)CC1=O. The quantitative estimate of drug-likeness (QED) is 0.614. The Morgan fingerprint density at radius 2 is 2.42 bits per heavy atom. The molecule has 1 amide bonds. The monoisotopic (exact) mass is 189 g/mol. The van der Waals surface area contributed by atoms with Crippen molar-refractivity contribution in [3.8, 4) is 0 Å². The number of rotatable bonds is 3. The standard InChI is InChI=1S/C7H11NO3S/c9-6-3-5(12)4-8(6)2-1-7(10)11/h5,12H,1-4H2,(H,10,11). The van der Waals surface area contributed by atoms with E-state index in [-0.39, 0.29) is 17.6 Å². The maximum atomic E-state index is 11.1. The highest BCUT2D eigenvalue weighted by molar-refractivity contribution is 7.81. The minimum absolute atomic E-state index is 0.0104. The molecular weight excluding hydrogens is 178 g/mol. The van der Waals surface area contributed by atoms with E-state index >= 15 is 0 Å². The molecule has 1 fully saturated rings. The topological polar surface area (TPSA) is 57.6 Å². The van der Waals surface area contributed by atoms with Gasteiger partial charge in [0.15, 0.2) is 0 Å². The van der Waals surface area contributed by atoms with Crippen molar-refractivity contribution in [2.24, 2.45) is 0 Å². The van der Waals surface area contributed by atoms with Crippen molar-refractivity contribution in [3.05, 3.63) is 0 Å². The van der Waals surface area contributed by atoms with E-state index in [4.69, 9.17) is 5.11 Å². The lowest BCUT2D eigenvalue weighted by atomic mass is 10.4. The first kappa shape index (κ1) is 9.38. The predicted molar refractivity (Wildman–Crippen MR) is 46.2 cm³/mol. The van der Waals surface area contributed by atoms with Crippen LogP contribution in [0.1, 0.15) is 12.8 Å². The zero-order valence-corrected chi connectivity index (χ0v) is 7.46. The van der Waals surface area contributed by atoms with Crippen molar-refractivity contribution in [1.82, 2.24) is 4.90 Å². The number of aliphatic carboxylic acids is 1. The Labute approximate surface area is 76.0 Å².